The number of hydrogen-bond donors (Lipinski definition) is 1. The molecular weight excluding hydrogens is 442 g/mol. The maximum Gasteiger partial charge on any atom is 0.253 e. The van der Waals surface area contributed by atoms with Crippen molar-refractivity contribution < 1.29 is 9.53 Å². The maximum absolute atomic E-state index is 13.0. The number of aromatic nitrogens is 2. The van der Waals surface area contributed by atoms with E-state index >= 15 is 0 Å². The van der Waals surface area contributed by atoms with Crippen molar-refractivity contribution in [3.05, 3.63) is 64.7 Å². The van der Waals surface area contributed by atoms with Crippen LogP contribution in [0.5, 0.6) is 5.75 Å². The number of hydrogen-bond acceptors (Lipinski definition) is 8. The van der Waals surface area contributed by atoms with E-state index in [4.69, 9.17) is 22.1 Å². The van der Waals surface area contributed by atoms with Gasteiger partial charge in [-0.05, 0) is 29.8 Å². The average molecular weight is 460 g/mol. The topological polar surface area (TPSA) is 93.7 Å². The molecule has 0 saturated heterocycles. The van der Waals surface area contributed by atoms with Gasteiger partial charge in [0.2, 0.25) is 5.13 Å². The normalized spacial score (nSPS) is 15.9. The second-order valence-electron chi connectivity index (χ2n) is 6.48. The number of carbonyl (C=O) groups excluding carboxylic acids is 1. The minimum absolute atomic E-state index is 0.119. The summed E-state index contributed by atoms with van der Waals surface area (Å²) in [5, 5.41) is 15.0. The molecular formula is C20H18ClN5O2S2. The number of nitrogens with two attached hydrogens (primary N) is 1. The highest BCUT2D eigenvalue weighted by Gasteiger charge is 2.33. The fraction of sp³-hybridized carbons (Fsp3) is 0.200. The number of carbonyl (C=O) groups is 1. The minimum atomic E-state index is -0.212. The Morgan fingerprint density at radius 2 is 2.10 bits per heavy atom. The fourth-order valence-electron chi connectivity index (χ4n) is 3.13. The summed E-state index contributed by atoms with van der Waals surface area (Å²) < 4.78 is 5.98. The smallest absolute Gasteiger partial charge is 0.253 e. The number of hydrazone groups is 1. The van der Waals surface area contributed by atoms with E-state index in [0.717, 1.165) is 22.6 Å². The van der Waals surface area contributed by atoms with Gasteiger partial charge in [0, 0.05) is 17.0 Å². The molecule has 1 aromatic heterocycles. The molecule has 0 saturated carbocycles. The quantitative estimate of drug-likeness (QED) is 0.554. The lowest BCUT2D eigenvalue weighted by atomic mass is 9.98. The van der Waals surface area contributed by atoms with Gasteiger partial charge in [0.1, 0.15) is 5.75 Å². The number of ether oxygens (including phenoxy) is 1. The molecule has 154 valence electrons. The van der Waals surface area contributed by atoms with Crippen molar-refractivity contribution in [3.63, 3.8) is 0 Å². The lowest BCUT2D eigenvalue weighted by Gasteiger charge is -2.21. The summed E-state index contributed by atoms with van der Waals surface area (Å²) in [5.74, 6) is 0.812. The first-order chi connectivity index (χ1) is 14.5. The number of halogens is 1. The Kier molecular flexibility index (Phi) is 6.21. The summed E-state index contributed by atoms with van der Waals surface area (Å²) in [5.41, 5.74) is 8.34. The molecule has 30 heavy (non-hydrogen) atoms. The number of thioether (sulfide) groups is 1. The number of anilines is 1. The van der Waals surface area contributed by atoms with Crippen LogP contribution in [-0.2, 0) is 4.79 Å². The van der Waals surface area contributed by atoms with Gasteiger partial charge in [0.25, 0.3) is 5.91 Å². The van der Waals surface area contributed by atoms with E-state index in [1.165, 1.54) is 23.1 Å². The lowest BCUT2D eigenvalue weighted by molar-refractivity contribution is -0.130. The van der Waals surface area contributed by atoms with Gasteiger partial charge in [0.05, 0.1) is 24.6 Å². The monoisotopic (exact) mass is 459 g/mol. The lowest BCUT2D eigenvalue weighted by Crippen LogP contribution is -2.28. The van der Waals surface area contributed by atoms with Gasteiger partial charge in [-0.1, -0.05) is 59.0 Å². The Labute approximate surface area is 186 Å². The maximum atomic E-state index is 13.0. The predicted molar refractivity (Wildman–Crippen MR) is 120 cm³/mol. The number of benzene rings is 2. The van der Waals surface area contributed by atoms with Crippen LogP contribution in [0, 0.1) is 0 Å². The van der Waals surface area contributed by atoms with Crippen molar-refractivity contribution >= 4 is 51.5 Å². The van der Waals surface area contributed by atoms with Crippen LogP contribution in [-0.4, -0.2) is 39.7 Å². The Balaban J connectivity index is 1.60. The van der Waals surface area contributed by atoms with Gasteiger partial charge < -0.3 is 10.5 Å². The van der Waals surface area contributed by atoms with Gasteiger partial charge in [-0.25, -0.2) is 5.01 Å². The van der Waals surface area contributed by atoms with E-state index in [1.54, 1.807) is 12.1 Å². The molecule has 0 fully saturated rings. The van der Waals surface area contributed by atoms with Crippen LogP contribution in [0.25, 0.3) is 0 Å². The summed E-state index contributed by atoms with van der Waals surface area (Å²) in [7, 11) is 1.62. The molecule has 7 nitrogen and oxygen atoms in total. The second kappa shape index (κ2) is 9.03. The number of amides is 1. The fourth-order valence-corrected chi connectivity index (χ4v) is 4.74. The molecule has 1 atom stereocenters. The first kappa shape index (κ1) is 20.6. The van der Waals surface area contributed by atoms with Crippen molar-refractivity contribution in [1.29, 1.82) is 0 Å². The van der Waals surface area contributed by atoms with Crippen molar-refractivity contribution in [3.8, 4) is 5.75 Å². The van der Waals surface area contributed by atoms with Crippen LogP contribution in [0.15, 0.2) is 58.0 Å². The van der Waals surface area contributed by atoms with Gasteiger partial charge in [-0.2, -0.15) is 5.10 Å². The molecule has 1 unspecified atom stereocenters. The Bertz CT molecular complexity index is 1090. The number of methoxy groups -OCH3 is 1. The third-order valence-corrected chi connectivity index (χ3v) is 6.69. The first-order valence-corrected chi connectivity index (χ1v) is 11.2. The Hall–Kier alpha value is -2.62. The third kappa shape index (κ3) is 4.58. The molecule has 0 bridgehead atoms. The van der Waals surface area contributed by atoms with Crippen LogP contribution < -0.4 is 10.5 Å². The molecule has 0 radical (unpaired) electrons. The van der Waals surface area contributed by atoms with Gasteiger partial charge in [-0.15, -0.1) is 10.2 Å². The standard InChI is InChI=1S/C20H18ClN5O2S2/c1-28-15-4-2-3-13(9-15)16-10-17(12-5-7-14(21)8-6-12)26(25-16)18(27)11-29-20-24-23-19(22)30-20/h2-9,17H,10-11H2,1H3,(H2,22,23). The zero-order valence-corrected chi connectivity index (χ0v) is 18.4. The van der Waals surface area contributed by atoms with Crippen LogP contribution >= 0.6 is 34.7 Å². The van der Waals surface area contributed by atoms with E-state index in [1.807, 2.05) is 48.5 Å². The van der Waals surface area contributed by atoms with Crippen molar-refractivity contribution in [2.24, 2.45) is 5.10 Å². The summed E-state index contributed by atoms with van der Waals surface area (Å²) in [4.78, 5) is 13.0. The van der Waals surface area contributed by atoms with Crippen LogP contribution in [0.4, 0.5) is 5.13 Å². The van der Waals surface area contributed by atoms with E-state index in [0.29, 0.717) is 20.9 Å². The molecule has 1 aliphatic rings. The summed E-state index contributed by atoms with van der Waals surface area (Å²) in [6.45, 7) is 0. The van der Waals surface area contributed by atoms with Crippen LogP contribution in [0.3, 0.4) is 0 Å². The third-order valence-electron chi connectivity index (χ3n) is 4.56. The molecule has 2 N–H and O–H groups in total. The Morgan fingerprint density at radius 3 is 2.80 bits per heavy atom. The highest BCUT2D eigenvalue weighted by molar-refractivity contribution is 8.01. The molecule has 1 aliphatic heterocycles. The molecule has 2 heterocycles. The SMILES string of the molecule is COc1cccc(C2=NN(C(=O)CSc3nnc(N)s3)C(c3ccc(Cl)cc3)C2)c1. The molecule has 1 amide bonds. The van der Waals surface area contributed by atoms with Gasteiger partial charge in [0.15, 0.2) is 4.34 Å². The van der Waals surface area contributed by atoms with Gasteiger partial charge in [-0.3, -0.25) is 4.79 Å². The minimum Gasteiger partial charge on any atom is -0.497 e. The Morgan fingerprint density at radius 1 is 1.30 bits per heavy atom. The molecule has 4 rings (SSSR count). The molecule has 3 aromatic rings. The second-order valence-corrected chi connectivity index (χ2v) is 9.15. The van der Waals surface area contributed by atoms with Crippen molar-refractivity contribution in [2.45, 2.75) is 16.8 Å². The van der Waals surface area contributed by atoms with E-state index < -0.39 is 0 Å². The highest BCUT2D eigenvalue weighted by atomic mass is 35.5. The summed E-state index contributed by atoms with van der Waals surface area (Å²) >= 11 is 8.60. The van der Waals surface area contributed by atoms with E-state index in [-0.39, 0.29) is 17.7 Å². The molecule has 0 spiro atoms. The molecule has 10 heteroatoms. The van der Waals surface area contributed by atoms with E-state index in [2.05, 4.69) is 15.3 Å². The number of rotatable bonds is 6. The molecule has 2 aromatic carbocycles. The number of nitrogens with zero attached hydrogens (tertiary/aromatic N) is 4. The van der Waals surface area contributed by atoms with Crippen LogP contribution in [0.1, 0.15) is 23.6 Å². The zero-order chi connectivity index (χ0) is 21.1. The zero-order valence-electron chi connectivity index (χ0n) is 16.0. The van der Waals surface area contributed by atoms with Crippen molar-refractivity contribution in [2.75, 3.05) is 18.6 Å². The average Bonchev–Trinajstić information content (AvgIpc) is 3.39. The van der Waals surface area contributed by atoms with E-state index in [9.17, 15) is 4.79 Å². The highest BCUT2D eigenvalue weighted by Crippen LogP contribution is 2.35. The summed E-state index contributed by atoms with van der Waals surface area (Å²) in [6, 6.07) is 15.0. The predicted octanol–water partition coefficient (Wildman–Crippen LogP) is 4.25. The number of nitrogen functional groups attached to an aromatic ring is 1. The summed E-state index contributed by atoms with van der Waals surface area (Å²) in [6.07, 6.45) is 0.594. The first-order valence-electron chi connectivity index (χ1n) is 9.04. The largest absolute Gasteiger partial charge is 0.497 e. The van der Waals surface area contributed by atoms with Crippen LogP contribution in [0.2, 0.25) is 5.02 Å². The van der Waals surface area contributed by atoms with Crippen molar-refractivity contribution in [1.82, 2.24) is 15.2 Å². The molecule has 0 aliphatic carbocycles. The van der Waals surface area contributed by atoms with Gasteiger partial charge >= 0.3 is 0 Å².